The molecule has 0 unspecified atom stereocenters. The van der Waals surface area contributed by atoms with Gasteiger partial charge in [0.1, 0.15) is 0 Å². The molecule has 1 amide bonds. The van der Waals surface area contributed by atoms with Crippen LogP contribution in [0.3, 0.4) is 0 Å². The van der Waals surface area contributed by atoms with Gasteiger partial charge in [-0.15, -0.1) is 5.10 Å². The highest BCUT2D eigenvalue weighted by Gasteiger charge is 2.19. The van der Waals surface area contributed by atoms with Crippen molar-refractivity contribution in [1.29, 1.82) is 0 Å². The molecule has 0 fully saturated rings. The first-order chi connectivity index (χ1) is 13.3. The van der Waals surface area contributed by atoms with Gasteiger partial charge in [0, 0.05) is 17.0 Å². The first-order valence-electron chi connectivity index (χ1n) is 8.10. The summed E-state index contributed by atoms with van der Waals surface area (Å²) in [6, 6.07) is 4.64. The first-order valence-corrected chi connectivity index (χ1v) is 10.6. The summed E-state index contributed by atoms with van der Waals surface area (Å²) in [6.07, 6.45) is 1.88. The number of carbonyl (C=O) groups is 1. The summed E-state index contributed by atoms with van der Waals surface area (Å²) in [5.41, 5.74) is 2.36. The van der Waals surface area contributed by atoms with E-state index in [-0.39, 0.29) is 27.9 Å². The van der Waals surface area contributed by atoms with Crippen LogP contribution in [0.5, 0.6) is 0 Å². The van der Waals surface area contributed by atoms with Crippen LogP contribution in [0.25, 0.3) is 5.78 Å². The van der Waals surface area contributed by atoms with Gasteiger partial charge in [0.25, 0.3) is 11.5 Å². The van der Waals surface area contributed by atoms with E-state index in [1.807, 2.05) is 13.2 Å². The Morgan fingerprint density at radius 3 is 2.75 bits per heavy atom. The Balaban J connectivity index is 1.87. The number of thioether (sulfide) groups is 2. The largest absolute Gasteiger partial charge is 0.325 e. The molecule has 148 valence electrons. The van der Waals surface area contributed by atoms with Crippen molar-refractivity contribution in [3.05, 3.63) is 40.2 Å². The smallest absolute Gasteiger partial charge is 0.289 e. The summed E-state index contributed by atoms with van der Waals surface area (Å²) in [4.78, 5) is 21.5. The highest BCUT2D eigenvalue weighted by atomic mass is 35.5. The number of anilines is 1. The van der Waals surface area contributed by atoms with Crippen molar-refractivity contribution in [2.24, 2.45) is 0 Å². The number of nitrogens with one attached hydrogen (secondary N) is 1. The van der Waals surface area contributed by atoms with E-state index in [4.69, 9.17) is 11.6 Å². The molecule has 0 spiro atoms. The standard InChI is InChI=1S/C17H16ClF2N5OS2/c1-8-10(9(2)25-16(21-8)23-17(24-25)27-3)7-13(26)22-12-6-4-5-11(18)14(12)28-15(19)20/h4-6,15H,7H2,1-3H3,(H,22,26). The number of hydrogen-bond donors (Lipinski definition) is 1. The van der Waals surface area contributed by atoms with Gasteiger partial charge in [0.15, 0.2) is 0 Å². The lowest BCUT2D eigenvalue weighted by Gasteiger charge is -2.13. The van der Waals surface area contributed by atoms with Crippen LogP contribution in [0.1, 0.15) is 17.0 Å². The highest BCUT2D eigenvalue weighted by molar-refractivity contribution is 7.99. The quantitative estimate of drug-likeness (QED) is 0.561. The Bertz CT molecular complexity index is 1040. The summed E-state index contributed by atoms with van der Waals surface area (Å²) < 4.78 is 27.2. The highest BCUT2D eigenvalue weighted by Crippen LogP contribution is 2.37. The SMILES string of the molecule is CSc1nc2nc(C)c(CC(=O)Nc3cccc(Cl)c3SC(F)F)c(C)n2n1. The van der Waals surface area contributed by atoms with Gasteiger partial charge in [-0.05, 0) is 32.2 Å². The van der Waals surface area contributed by atoms with Gasteiger partial charge in [-0.25, -0.2) is 9.50 Å². The fraction of sp³-hybridized carbons (Fsp3) is 0.294. The second kappa shape index (κ2) is 8.62. The Hall–Kier alpha value is -1.91. The van der Waals surface area contributed by atoms with E-state index in [1.165, 1.54) is 23.9 Å². The molecule has 0 aliphatic rings. The molecule has 0 saturated heterocycles. The molecule has 0 radical (unpaired) electrons. The van der Waals surface area contributed by atoms with Crippen LogP contribution in [-0.2, 0) is 11.2 Å². The van der Waals surface area contributed by atoms with E-state index in [0.717, 1.165) is 5.69 Å². The normalized spacial score (nSPS) is 11.4. The molecule has 0 aliphatic carbocycles. The molecule has 2 aromatic heterocycles. The van der Waals surface area contributed by atoms with E-state index in [1.54, 1.807) is 17.5 Å². The van der Waals surface area contributed by atoms with Gasteiger partial charge in [-0.2, -0.15) is 13.8 Å². The lowest BCUT2D eigenvalue weighted by molar-refractivity contribution is -0.115. The molecular formula is C17H16ClF2N5OS2. The second-order valence-corrected chi connectivity index (χ2v) is 7.97. The Morgan fingerprint density at radius 1 is 1.32 bits per heavy atom. The summed E-state index contributed by atoms with van der Waals surface area (Å²) in [6.45, 7) is 3.63. The monoisotopic (exact) mass is 443 g/mol. The lowest BCUT2D eigenvalue weighted by atomic mass is 10.1. The zero-order chi connectivity index (χ0) is 20.4. The molecule has 0 aliphatic heterocycles. The Kier molecular flexibility index (Phi) is 6.41. The van der Waals surface area contributed by atoms with Crippen molar-refractivity contribution < 1.29 is 13.6 Å². The maximum absolute atomic E-state index is 12.8. The molecular weight excluding hydrogens is 428 g/mol. The van der Waals surface area contributed by atoms with Crippen molar-refractivity contribution in [3.8, 4) is 0 Å². The van der Waals surface area contributed by atoms with Crippen LogP contribution in [0, 0.1) is 13.8 Å². The van der Waals surface area contributed by atoms with Crippen molar-refractivity contribution >= 4 is 52.5 Å². The minimum Gasteiger partial charge on any atom is -0.325 e. The number of nitrogens with zero attached hydrogens (tertiary/aromatic N) is 4. The third-order valence-electron chi connectivity index (χ3n) is 4.00. The third-order valence-corrected chi connectivity index (χ3v) is 5.82. The molecule has 0 saturated carbocycles. The zero-order valence-corrected chi connectivity index (χ0v) is 17.6. The molecule has 2 heterocycles. The molecule has 11 heteroatoms. The van der Waals surface area contributed by atoms with Crippen LogP contribution in [0.4, 0.5) is 14.5 Å². The topological polar surface area (TPSA) is 72.2 Å². The first kappa shape index (κ1) is 20.8. The molecule has 1 N–H and O–H groups in total. The molecule has 3 aromatic rings. The maximum Gasteiger partial charge on any atom is 0.289 e. The maximum atomic E-state index is 12.8. The van der Waals surface area contributed by atoms with Gasteiger partial charge in [0.2, 0.25) is 11.1 Å². The Morgan fingerprint density at radius 2 is 2.07 bits per heavy atom. The van der Waals surface area contributed by atoms with E-state index in [9.17, 15) is 13.6 Å². The van der Waals surface area contributed by atoms with Gasteiger partial charge >= 0.3 is 0 Å². The number of fused-ring (bicyclic) bond motifs is 1. The number of carbonyl (C=O) groups excluding carboxylic acids is 1. The fourth-order valence-corrected chi connectivity index (χ4v) is 3.95. The number of benzene rings is 1. The summed E-state index contributed by atoms with van der Waals surface area (Å²) >= 11 is 7.71. The van der Waals surface area contributed by atoms with E-state index < -0.39 is 5.76 Å². The summed E-state index contributed by atoms with van der Waals surface area (Å²) in [5.74, 6) is -2.55. The average Bonchev–Trinajstić information content (AvgIpc) is 3.04. The zero-order valence-electron chi connectivity index (χ0n) is 15.2. The number of amides is 1. The van der Waals surface area contributed by atoms with Gasteiger partial charge < -0.3 is 5.32 Å². The van der Waals surface area contributed by atoms with Crippen LogP contribution in [0.15, 0.2) is 28.3 Å². The molecule has 28 heavy (non-hydrogen) atoms. The fourth-order valence-electron chi connectivity index (χ4n) is 2.70. The van der Waals surface area contributed by atoms with Gasteiger partial charge in [-0.3, -0.25) is 4.79 Å². The average molecular weight is 444 g/mol. The van der Waals surface area contributed by atoms with Crippen molar-refractivity contribution in [2.75, 3.05) is 11.6 Å². The van der Waals surface area contributed by atoms with Gasteiger partial charge in [-0.1, -0.05) is 41.2 Å². The van der Waals surface area contributed by atoms with E-state index >= 15 is 0 Å². The van der Waals surface area contributed by atoms with Crippen LogP contribution >= 0.6 is 35.1 Å². The van der Waals surface area contributed by atoms with Crippen LogP contribution in [-0.4, -0.2) is 37.5 Å². The summed E-state index contributed by atoms with van der Waals surface area (Å²) in [7, 11) is 0. The minimum absolute atomic E-state index is 0.0143. The van der Waals surface area contributed by atoms with Crippen molar-refractivity contribution in [1.82, 2.24) is 19.6 Å². The number of alkyl halides is 2. The van der Waals surface area contributed by atoms with Gasteiger partial charge in [0.05, 0.1) is 22.0 Å². The number of aryl methyl sites for hydroxylation is 2. The summed E-state index contributed by atoms with van der Waals surface area (Å²) in [5, 5.41) is 7.77. The molecule has 6 nitrogen and oxygen atoms in total. The van der Waals surface area contributed by atoms with Crippen molar-refractivity contribution in [2.45, 2.75) is 36.1 Å². The lowest BCUT2D eigenvalue weighted by Crippen LogP contribution is -2.18. The third kappa shape index (κ3) is 4.39. The number of halogens is 3. The van der Waals surface area contributed by atoms with E-state index in [2.05, 4.69) is 20.4 Å². The minimum atomic E-state index is -2.65. The van der Waals surface area contributed by atoms with E-state index in [0.29, 0.717) is 34.0 Å². The predicted octanol–water partition coefficient (Wildman–Crippen LogP) is 4.61. The molecule has 3 rings (SSSR count). The molecule has 0 atom stereocenters. The van der Waals surface area contributed by atoms with Crippen molar-refractivity contribution in [3.63, 3.8) is 0 Å². The Labute approximate surface area is 173 Å². The second-order valence-electron chi connectivity index (χ2n) is 5.79. The number of aromatic nitrogens is 4. The molecule has 0 bridgehead atoms. The number of hydrogen-bond acceptors (Lipinski definition) is 6. The predicted molar refractivity (Wildman–Crippen MR) is 108 cm³/mol. The number of rotatable bonds is 6. The van der Waals surface area contributed by atoms with Crippen LogP contribution < -0.4 is 5.32 Å². The molecule has 1 aromatic carbocycles. The van der Waals surface area contributed by atoms with Crippen LogP contribution in [0.2, 0.25) is 5.02 Å².